The van der Waals surface area contributed by atoms with Gasteiger partial charge in [-0.15, -0.1) is 0 Å². The number of benzene rings is 2. The maximum atomic E-state index is 6.28. The molecule has 0 radical (unpaired) electrons. The van der Waals surface area contributed by atoms with E-state index in [0.717, 1.165) is 22.6 Å². The van der Waals surface area contributed by atoms with E-state index in [-0.39, 0.29) is 6.04 Å². The molecule has 0 heterocycles. The van der Waals surface area contributed by atoms with Crippen molar-refractivity contribution in [2.45, 2.75) is 32.4 Å². The van der Waals surface area contributed by atoms with Crippen LogP contribution in [0.15, 0.2) is 48.5 Å². The average molecular weight is 297 g/mol. The Labute approximate surface area is 132 Å². The van der Waals surface area contributed by atoms with E-state index in [4.69, 9.17) is 15.2 Å². The zero-order chi connectivity index (χ0) is 15.4. The average Bonchev–Trinajstić information content (AvgIpc) is 3.39. The molecule has 3 rings (SSSR count). The van der Waals surface area contributed by atoms with E-state index in [0.29, 0.717) is 19.1 Å². The first-order chi connectivity index (χ1) is 10.8. The van der Waals surface area contributed by atoms with Crippen LogP contribution in [0.4, 0.5) is 0 Å². The molecule has 1 fully saturated rings. The van der Waals surface area contributed by atoms with E-state index < -0.39 is 0 Å². The number of rotatable bonds is 7. The SMILES string of the molecule is CCOc1cc([C@H](N)C2CC2)ccc1OCc1ccccc1. The maximum absolute atomic E-state index is 6.28. The molecule has 0 saturated heterocycles. The molecule has 1 aliphatic carbocycles. The van der Waals surface area contributed by atoms with Crippen LogP contribution in [0.5, 0.6) is 11.5 Å². The van der Waals surface area contributed by atoms with Crippen molar-refractivity contribution in [3.63, 3.8) is 0 Å². The van der Waals surface area contributed by atoms with Crippen LogP contribution in [0.25, 0.3) is 0 Å². The monoisotopic (exact) mass is 297 g/mol. The molecule has 1 atom stereocenters. The smallest absolute Gasteiger partial charge is 0.161 e. The number of ether oxygens (including phenoxy) is 2. The van der Waals surface area contributed by atoms with E-state index in [1.807, 2.05) is 37.3 Å². The molecule has 0 aromatic heterocycles. The van der Waals surface area contributed by atoms with Crippen LogP contribution in [0.2, 0.25) is 0 Å². The lowest BCUT2D eigenvalue weighted by Crippen LogP contribution is -2.12. The molecular formula is C19H23NO2. The summed E-state index contributed by atoms with van der Waals surface area (Å²) in [6.45, 7) is 3.13. The van der Waals surface area contributed by atoms with Crippen LogP contribution >= 0.6 is 0 Å². The van der Waals surface area contributed by atoms with Crippen molar-refractivity contribution in [1.29, 1.82) is 0 Å². The van der Waals surface area contributed by atoms with Gasteiger partial charge in [0.2, 0.25) is 0 Å². The molecule has 0 unspecified atom stereocenters. The molecule has 0 bridgehead atoms. The Morgan fingerprint density at radius 2 is 1.82 bits per heavy atom. The molecule has 3 heteroatoms. The van der Waals surface area contributed by atoms with Crippen LogP contribution in [0, 0.1) is 5.92 Å². The Kier molecular flexibility index (Phi) is 4.64. The molecule has 2 N–H and O–H groups in total. The van der Waals surface area contributed by atoms with Gasteiger partial charge < -0.3 is 15.2 Å². The van der Waals surface area contributed by atoms with Gasteiger partial charge in [0.1, 0.15) is 6.61 Å². The second kappa shape index (κ2) is 6.84. The molecule has 2 aromatic carbocycles. The number of nitrogens with two attached hydrogens (primary N) is 1. The highest BCUT2D eigenvalue weighted by molar-refractivity contribution is 5.44. The highest BCUT2D eigenvalue weighted by atomic mass is 16.5. The first-order valence-corrected chi connectivity index (χ1v) is 7.97. The molecule has 3 nitrogen and oxygen atoms in total. The van der Waals surface area contributed by atoms with Crippen LogP contribution < -0.4 is 15.2 Å². The van der Waals surface area contributed by atoms with Gasteiger partial charge in [-0.05, 0) is 48.9 Å². The van der Waals surface area contributed by atoms with Gasteiger partial charge in [-0.2, -0.15) is 0 Å². The summed E-state index contributed by atoms with van der Waals surface area (Å²) in [6, 6.07) is 16.3. The summed E-state index contributed by atoms with van der Waals surface area (Å²) in [5.41, 5.74) is 8.56. The summed E-state index contributed by atoms with van der Waals surface area (Å²) in [7, 11) is 0. The van der Waals surface area contributed by atoms with Gasteiger partial charge in [0.15, 0.2) is 11.5 Å². The van der Waals surface area contributed by atoms with Crippen molar-refractivity contribution in [3.8, 4) is 11.5 Å². The van der Waals surface area contributed by atoms with Crippen molar-refractivity contribution < 1.29 is 9.47 Å². The Morgan fingerprint density at radius 1 is 1.05 bits per heavy atom. The molecule has 116 valence electrons. The van der Waals surface area contributed by atoms with Crippen molar-refractivity contribution in [3.05, 3.63) is 59.7 Å². The minimum absolute atomic E-state index is 0.113. The van der Waals surface area contributed by atoms with E-state index in [9.17, 15) is 0 Å². The van der Waals surface area contributed by atoms with Crippen LogP contribution in [-0.2, 0) is 6.61 Å². The van der Waals surface area contributed by atoms with Crippen LogP contribution in [-0.4, -0.2) is 6.61 Å². The van der Waals surface area contributed by atoms with E-state index in [1.54, 1.807) is 0 Å². The first kappa shape index (κ1) is 14.9. The standard InChI is InChI=1S/C19H23NO2/c1-2-21-18-12-16(19(20)15-8-9-15)10-11-17(18)22-13-14-6-4-3-5-7-14/h3-7,10-12,15,19H,2,8-9,13,20H2,1H3/t19-/m1/s1. The molecule has 0 spiro atoms. The Bertz CT molecular complexity index is 608. The third-order valence-corrected chi connectivity index (χ3v) is 4.02. The zero-order valence-corrected chi connectivity index (χ0v) is 13.0. The number of hydrogen-bond donors (Lipinski definition) is 1. The minimum atomic E-state index is 0.113. The van der Waals surface area contributed by atoms with Gasteiger partial charge in [-0.3, -0.25) is 0 Å². The quantitative estimate of drug-likeness (QED) is 0.837. The van der Waals surface area contributed by atoms with Gasteiger partial charge in [0, 0.05) is 6.04 Å². The molecule has 2 aromatic rings. The lowest BCUT2D eigenvalue weighted by Gasteiger charge is -2.16. The number of hydrogen-bond acceptors (Lipinski definition) is 3. The predicted octanol–water partition coefficient (Wildman–Crippen LogP) is 4.07. The fraction of sp³-hybridized carbons (Fsp3) is 0.368. The Balaban J connectivity index is 1.74. The minimum Gasteiger partial charge on any atom is -0.490 e. The third-order valence-electron chi connectivity index (χ3n) is 4.02. The third kappa shape index (κ3) is 3.60. The molecular weight excluding hydrogens is 274 g/mol. The molecule has 0 amide bonds. The Morgan fingerprint density at radius 3 is 2.50 bits per heavy atom. The van der Waals surface area contributed by atoms with Gasteiger partial charge >= 0.3 is 0 Å². The second-order valence-electron chi connectivity index (χ2n) is 5.78. The fourth-order valence-corrected chi connectivity index (χ4v) is 2.58. The van der Waals surface area contributed by atoms with Crippen LogP contribution in [0.1, 0.15) is 36.9 Å². The highest BCUT2D eigenvalue weighted by Gasteiger charge is 2.30. The van der Waals surface area contributed by atoms with Gasteiger partial charge in [0.05, 0.1) is 6.61 Å². The summed E-state index contributed by atoms with van der Waals surface area (Å²) in [5.74, 6) is 2.19. The molecule has 1 aliphatic rings. The summed E-state index contributed by atoms with van der Waals surface area (Å²) >= 11 is 0. The highest BCUT2D eigenvalue weighted by Crippen LogP contribution is 2.41. The fourth-order valence-electron chi connectivity index (χ4n) is 2.58. The topological polar surface area (TPSA) is 44.5 Å². The van der Waals surface area contributed by atoms with Crippen molar-refractivity contribution in [2.75, 3.05) is 6.61 Å². The summed E-state index contributed by atoms with van der Waals surface area (Å²) < 4.78 is 11.7. The summed E-state index contributed by atoms with van der Waals surface area (Å²) in [4.78, 5) is 0. The van der Waals surface area contributed by atoms with E-state index >= 15 is 0 Å². The van der Waals surface area contributed by atoms with Gasteiger partial charge in [-0.1, -0.05) is 36.4 Å². The lowest BCUT2D eigenvalue weighted by atomic mass is 10.0. The molecule has 22 heavy (non-hydrogen) atoms. The largest absolute Gasteiger partial charge is 0.490 e. The van der Waals surface area contributed by atoms with Crippen LogP contribution in [0.3, 0.4) is 0 Å². The summed E-state index contributed by atoms with van der Waals surface area (Å²) in [6.07, 6.45) is 2.47. The van der Waals surface area contributed by atoms with E-state index in [2.05, 4.69) is 18.2 Å². The Hall–Kier alpha value is -2.00. The van der Waals surface area contributed by atoms with Crippen molar-refractivity contribution in [2.24, 2.45) is 11.7 Å². The van der Waals surface area contributed by atoms with Gasteiger partial charge in [-0.25, -0.2) is 0 Å². The van der Waals surface area contributed by atoms with Gasteiger partial charge in [0.25, 0.3) is 0 Å². The van der Waals surface area contributed by atoms with Crippen molar-refractivity contribution in [1.82, 2.24) is 0 Å². The maximum Gasteiger partial charge on any atom is 0.161 e. The lowest BCUT2D eigenvalue weighted by molar-refractivity contribution is 0.269. The predicted molar refractivity (Wildman–Crippen MR) is 88.0 cm³/mol. The van der Waals surface area contributed by atoms with E-state index in [1.165, 1.54) is 12.8 Å². The summed E-state index contributed by atoms with van der Waals surface area (Å²) in [5, 5.41) is 0. The van der Waals surface area contributed by atoms with Crippen molar-refractivity contribution >= 4 is 0 Å². The normalized spacial score (nSPS) is 15.4. The second-order valence-corrected chi connectivity index (χ2v) is 5.78. The molecule has 1 saturated carbocycles. The first-order valence-electron chi connectivity index (χ1n) is 7.97. The zero-order valence-electron chi connectivity index (χ0n) is 13.0. The molecule has 0 aliphatic heterocycles.